The number of aryl methyl sites for hydroxylation is 1. The molecule has 0 saturated heterocycles. The van der Waals surface area contributed by atoms with Crippen LogP contribution in [0.5, 0.6) is 11.5 Å². The van der Waals surface area contributed by atoms with E-state index in [9.17, 15) is 0 Å². The van der Waals surface area contributed by atoms with Crippen LogP contribution in [-0.2, 0) is 5.33 Å². The van der Waals surface area contributed by atoms with E-state index in [1.165, 1.54) is 0 Å². The van der Waals surface area contributed by atoms with E-state index >= 15 is 0 Å². The SMILES string of the molecule is Cc1cc(Cl)ccc1Oc1cccc(Cl)c1CBr. The predicted octanol–water partition coefficient (Wildman–Crippen LogP) is 5.99. The number of hydrogen-bond donors (Lipinski definition) is 0. The Morgan fingerprint density at radius 2 is 1.89 bits per heavy atom. The maximum Gasteiger partial charge on any atom is 0.132 e. The quantitative estimate of drug-likeness (QED) is 0.621. The van der Waals surface area contributed by atoms with Crippen LogP contribution in [0.4, 0.5) is 0 Å². The lowest BCUT2D eigenvalue weighted by Crippen LogP contribution is -1.92. The van der Waals surface area contributed by atoms with E-state index < -0.39 is 0 Å². The van der Waals surface area contributed by atoms with Crippen LogP contribution >= 0.6 is 39.1 Å². The van der Waals surface area contributed by atoms with Crippen LogP contribution in [0, 0.1) is 6.92 Å². The Morgan fingerprint density at radius 3 is 2.56 bits per heavy atom. The van der Waals surface area contributed by atoms with Crippen LogP contribution in [0.1, 0.15) is 11.1 Å². The molecule has 2 rings (SSSR count). The third kappa shape index (κ3) is 3.00. The van der Waals surface area contributed by atoms with Gasteiger partial charge < -0.3 is 4.74 Å². The van der Waals surface area contributed by atoms with Gasteiger partial charge in [0.1, 0.15) is 11.5 Å². The zero-order valence-corrected chi connectivity index (χ0v) is 12.8. The molecule has 0 aromatic heterocycles. The van der Waals surface area contributed by atoms with Gasteiger partial charge in [-0.1, -0.05) is 45.2 Å². The van der Waals surface area contributed by atoms with Crippen LogP contribution in [-0.4, -0.2) is 0 Å². The number of ether oxygens (including phenoxy) is 1. The van der Waals surface area contributed by atoms with E-state index in [1.54, 1.807) is 0 Å². The van der Waals surface area contributed by atoms with Crippen LogP contribution in [0.3, 0.4) is 0 Å². The van der Waals surface area contributed by atoms with Gasteiger partial charge in [0, 0.05) is 20.9 Å². The van der Waals surface area contributed by atoms with Gasteiger partial charge in [0.25, 0.3) is 0 Å². The molecule has 0 atom stereocenters. The second-order valence-corrected chi connectivity index (χ2v) is 5.27. The number of hydrogen-bond acceptors (Lipinski definition) is 1. The van der Waals surface area contributed by atoms with Crippen LogP contribution < -0.4 is 4.74 Å². The van der Waals surface area contributed by atoms with Gasteiger partial charge in [-0.2, -0.15) is 0 Å². The minimum Gasteiger partial charge on any atom is -0.457 e. The van der Waals surface area contributed by atoms with Gasteiger partial charge in [-0.05, 0) is 42.8 Å². The van der Waals surface area contributed by atoms with Crippen LogP contribution in [0.2, 0.25) is 10.0 Å². The zero-order valence-electron chi connectivity index (χ0n) is 9.71. The molecule has 2 aromatic rings. The van der Waals surface area contributed by atoms with Gasteiger partial charge in [0.2, 0.25) is 0 Å². The molecular weight excluding hydrogens is 335 g/mol. The molecular formula is C14H11BrCl2O. The fourth-order valence-corrected chi connectivity index (χ4v) is 2.81. The molecule has 0 spiro atoms. The Kier molecular flexibility index (Phi) is 4.55. The maximum absolute atomic E-state index is 6.13. The number of halogens is 3. The highest BCUT2D eigenvalue weighted by atomic mass is 79.9. The van der Waals surface area contributed by atoms with Crippen LogP contribution in [0.15, 0.2) is 36.4 Å². The molecule has 4 heteroatoms. The number of rotatable bonds is 3. The van der Waals surface area contributed by atoms with Crippen molar-refractivity contribution in [3.63, 3.8) is 0 Å². The van der Waals surface area contributed by atoms with E-state index in [1.807, 2.05) is 43.3 Å². The molecule has 0 aliphatic heterocycles. The van der Waals surface area contributed by atoms with Crippen molar-refractivity contribution in [2.24, 2.45) is 0 Å². The van der Waals surface area contributed by atoms with Gasteiger partial charge in [-0.25, -0.2) is 0 Å². The van der Waals surface area contributed by atoms with Crippen molar-refractivity contribution in [2.45, 2.75) is 12.3 Å². The van der Waals surface area contributed by atoms with Crippen molar-refractivity contribution in [1.29, 1.82) is 0 Å². The Labute approximate surface area is 125 Å². The average molecular weight is 346 g/mol. The molecule has 2 aromatic carbocycles. The molecule has 1 nitrogen and oxygen atoms in total. The summed E-state index contributed by atoms with van der Waals surface area (Å²) in [4.78, 5) is 0. The highest BCUT2D eigenvalue weighted by Crippen LogP contribution is 2.33. The lowest BCUT2D eigenvalue weighted by Gasteiger charge is -2.12. The molecule has 0 unspecified atom stereocenters. The zero-order chi connectivity index (χ0) is 13.1. The van der Waals surface area contributed by atoms with Crippen molar-refractivity contribution < 1.29 is 4.74 Å². The Hall–Kier alpha value is -0.700. The summed E-state index contributed by atoms with van der Waals surface area (Å²) >= 11 is 15.5. The van der Waals surface area contributed by atoms with E-state index in [0.29, 0.717) is 15.4 Å². The molecule has 0 amide bonds. The van der Waals surface area contributed by atoms with Gasteiger partial charge in [-0.15, -0.1) is 0 Å². The van der Waals surface area contributed by atoms with Gasteiger partial charge in [0.15, 0.2) is 0 Å². The fourth-order valence-electron chi connectivity index (χ4n) is 1.61. The Morgan fingerprint density at radius 1 is 1.11 bits per heavy atom. The van der Waals surface area contributed by atoms with E-state index in [-0.39, 0.29) is 0 Å². The van der Waals surface area contributed by atoms with Crippen molar-refractivity contribution in [2.75, 3.05) is 0 Å². The maximum atomic E-state index is 6.13. The Bertz CT molecular complexity index is 570. The average Bonchev–Trinajstić information content (AvgIpc) is 2.33. The van der Waals surface area contributed by atoms with Gasteiger partial charge in [0.05, 0.1) is 0 Å². The second-order valence-electron chi connectivity index (χ2n) is 3.86. The normalized spacial score (nSPS) is 10.4. The standard InChI is InChI=1S/C14H11BrCl2O/c1-9-7-10(16)5-6-13(9)18-14-4-2-3-12(17)11(14)8-15/h2-7H,8H2,1H3. The molecule has 18 heavy (non-hydrogen) atoms. The molecule has 0 radical (unpaired) electrons. The van der Waals surface area contributed by atoms with E-state index in [4.69, 9.17) is 27.9 Å². The molecule has 94 valence electrons. The van der Waals surface area contributed by atoms with Gasteiger partial charge in [-0.3, -0.25) is 0 Å². The summed E-state index contributed by atoms with van der Waals surface area (Å²) in [6, 6.07) is 11.2. The topological polar surface area (TPSA) is 9.23 Å². The minimum atomic E-state index is 0.647. The third-order valence-electron chi connectivity index (χ3n) is 2.57. The number of benzene rings is 2. The van der Waals surface area contributed by atoms with E-state index in [0.717, 1.165) is 22.6 Å². The summed E-state index contributed by atoms with van der Waals surface area (Å²) < 4.78 is 5.89. The lowest BCUT2D eigenvalue weighted by atomic mass is 10.2. The van der Waals surface area contributed by atoms with Crippen LogP contribution in [0.25, 0.3) is 0 Å². The molecule has 0 fully saturated rings. The molecule has 0 heterocycles. The fraction of sp³-hybridized carbons (Fsp3) is 0.143. The first kappa shape index (κ1) is 13.7. The van der Waals surface area contributed by atoms with Crippen molar-refractivity contribution >= 4 is 39.1 Å². The largest absolute Gasteiger partial charge is 0.457 e. The summed E-state index contributed by atoms with van der Waals surface area (Å²) in [5, 5.41) is 2.04. The lowest BCUT2D eigenvalue weighted by molar-refractivity contribution is 0.475. The monoisotopic (exact) mass is 344 g/mol. The molecule has 0 aliphatic rings. The summed E-state index contributed by atoms with van der Waals surface area (Å²) in [7, 11) is 0. The first-order valence-corrected chi connectivity index (χ1v) is 7.27. The Balaban J connectivity index is 2.37. The summed E-state index contributed by atoms with van der Waals surface area (Å²) in [5.41, 5.74) is 1.93. The molecule has 0 saturated carbocycles. The van der Waals surface area contributed by atoms with Crippen molar-refractivity contribution in [1.82, 2.24) is 0 Å². The minimum absolute atomic E-state index is 0.647. The highest BCUT2D eigenvalue weighted by molar-refractivity contribution is 9.08. The first-order chi connectivity index (χ1) is 8.61. The van der Waals surface area contributed by atoms with Crippen molar-refractivity contribution in [3.8, 4) is 11.5 Å². The predicted molar refractivity (Wildman–Crippen MR) is 80.3 cm³/mol. The highest BCUT2D eigenvalue weighted by Gasteiger charge is 2.09. The number of alkyl halides is 1. The summed E-state index contributed by atoms with van der Waals surface area (Å²) in [6.45, 7) is 1.96. The molecule has 0 bridgehead atoms. The third-order valence-corrected chi connectivity index (χ3v) is 3.72. The van der Waals surface area contributed by atoms with E-state index in [2.05, 4.69) is 15.9 Å². The molecule has 0 aliphatic carbocycles. The molecule has 0 N–H and O–H groups in total. The second kappa shape index (κ2) is 5.96. The first-order valence-electron chi connectivity index (χ1n) is 5.39. The van der Waals surface area contributed by atoms with Gasteiger partial charge >= 0.3 is 0 Å². The summed E-state index contributed by atoms with van der Waals surface area (Å²) in [5.74, 6) is 1.54. The summed E-state index contributed by atoms with van der Waals surface area (Å²) in [6.07, 6.45) is 0. The smallest absolute Gasteiger partial charge is 0.132 e. The van der Waals surface area contributed by atoms with Crippen molar-refractivity contribution in [3.05, 3.63) is 57.6 Å².